The summed E-state index contributed by atoms with van der Waals surface area (Å²) in [5.41, 5.74) is 0.874. The first-order chi connectivity index (χ1) is 8.99. The van der Waals surface area contributed by atoms with E-state index in [-0.39, 0.29) is 21.6 Å². The Kier molecular flexibility index (Phi) is 4.02. The molecule has 0 bridgehead atoms. The van der Waals surface area contributed by atoms with Crippen molar-refractivity contribution in [3.8, 4) is 0 Å². The normalized spacial score (nSPS) is 10.3. The van der Waals surface area contributed by atoms with E-state index in [4.69, 9.17) is 23.2 Å². The molecule has 98 valence electrons. The predicted molar refractivity (Wildman–Crippen MR) is 73.3 cm³/mol. The Hall–Kier alpha value is -1.65. The van der Waals surface area contributed by atoms with Gasteiger partial charge in [0.15, 0.2) is 0 Å². The number of amides is 1. The summed E-state index contributed by atoms with van der Waals surface area (Å²) in [5, 5.41) is 2.63. The molecule has 0 spiro atoms. The molecule has 2 rings (SSSR count). The third-order valence-corrected chi connectivity index (χ3v) is 3.02. The summed E-state index contributed by atoms with van der Waals surface area (Å²) in [5.74, 6) is -1.05. The van der Waals surface area contributed by atoms with Crippen LogP contribution < -0.4 is 5.32 Å². The molecule has 0 aliphatic rings. The molecular weight excluding hydrogens is 290 g/mol. The number of aromatic nitrogens is 1. The number of hydrogen-bond acceptors (Lipinski definition) is 2. The third kappa shape index (κ3) is 3.03. The van der Waals surface area contributed by atoms with E-state index in [2.05, 4.69) is 10.3 Å². The highest BCUT2D eigenvalue weighted by Gasteiger charge is 2.15. The fourth-order valence-electron chi connectivity index (χ4n) is 1.55. The number of nitrogens with zero attached hydrogens (tertiary/aromatic N) is 1. The fourth-order valence-corrected chi connectivity index (χ4v) is 1.98. The van der Waals surface area contributed by atoms with Gasteiger partial charge in [0, 0.05) is 0 Å². The molecule has 1 heterocycles. The van der Waals surface area contributed by atoms with Crippen molar-refractivity contribution in [1.29, 1.82) is 0 Å². The van der Waals surface area contributed by atoms with Gasteiger partial charge in [-0.3, -0.25) is 4.79 Å². The maximum absolute atomic E-state index is 13.6. The van der Waals surface area contributed by atoms with Crippen LogP contribution in [0.3, 0.4) is 0 Å². The predicted octanol–water partition coefficient (Wildman–Crippen LogP) is 4.09. The molecule has 0 saturated heterocycles. The number of carbonyl (C=O) groups is 1. The molecule has 0 aliphatic carbocycles. The second kappa shape index (κ2) is 5.55. The molecule has 2 aromatic rings. The van der Waals surface area contributed by atoms with E-state index in [0.29, 0.717) is 5.56 Å². The largest absolute Gasteiger partial charge is 0.319 e. The Labute approximate surface area is 119 Å². The molecule has 1 aromatic heterocycles. The zero-order valence-electron chi connectivity index (χ0n) is 9.88. The molecule has 0 atom stereocenters. The van der Waals surface area contributed by atoms with Crippen LogP contribution in [-0.4, -0.2) is 10.9 Å². The van der Waals surface area contributed by atoms with E-state index in [1.807, 2.05) is 0 Å². The standard InChI is InChI=1S/C13H9Cl2FN2O/c1-7-3-2-4-9(16)11(7)18-13(19)8-5-6-10(14)17-12(8)15/h2-6H,1H3,(H,18,19). The van der Waals surface area contributed by atoms with Gasteiger partial charge in [0.2, 0.25) is 0 Å². The number of aryl methyl sites for hydroxylation is 1. The summed E-state index contributed by atoms with van der Waals surface area (Å²) in [4.78, 5) is 15.8. The first-order valence-corrected chi connectivity index (χ1v) is 6.13. The van der Waals surface area contributed by atoms with Crippen LogP contribution in [0.25, 0.3) is 0 Å². The van der Waals surface area contributed by atoms with E-state index in [1.165, 1.54) is 18.2 Å². The molecule has 0 unspecified atom stereocenters. The summed E-state index contributed by atoms with van der Waals surface area (Å²) in [7, 11) is 0. The number of carbonyl (C=O) groups excluding carboxylic acids is 1. The Balaban J connectivity index is 2.31. The number of halogens is 3. The van der Waals surface area contributed by atoms with Crippen molar-refractivity contribution >= 4 is 34.8 Å². The van der Waals surface area contributed by atoms with Crippen molar-refractivity contribution in [3.63, 3.8) is 0 Å². The minimum absolute atomic E-state index is 0.0287. The van der Waals surface area contributed by atoms with Crippen molar-refractivity contribution in [2.75, 3.05) is 5.32 Å². The summed E-state index contributed by atoms with van der Waals surface area (Å²) in [6, 6.07) is 7.40. The van der Waals surface area contributed by atoms with Gasteiger partial charge in [-0.15, -0.1) is 0 Å². The van der Waals surface area contributed by atoms with Crippen LogP contribution in [0.1, 0.15) is 15.9 Å². The lowest BCUT2D eigenvalue weighted by Crippen LogP contribution is -2.15. The van der Waals surface area contributed by atoms with Crippen LogP contribution in [0.2, 0.25) is 10.3 Å². The zero-order chi connectivity index (χ0) is 14.0. The highest BCUT2D eigenvalue weighted by molar-refractivity contribution is 6.35. The quantitative estimate of drug-likeness (QED) is 0.849. The van der Waals surface area contributed by atoms with E-state index in [0.717, 1.165) is 0 Å². The first kappa shape index (κ1) is 13.8. The number of anilines is 1. The maximum Gasteiger partial charge on any atom is 0.258 e. The van der Waals surface area contributed by atoms with Crippen molar-refractivity contribution in [3.05, 3.63) is 57.6 Å². The highest BCUT2D eigenvalue weighted by Crippen LogP contribution is 2.22. The van der Waals surface area contributed by atoms with Crippen molar-refractivity contribution in [1.82, 2.24) is 4.98 Å². The number of pyridine rings is 1. The first-order valence-electron chi connectivity index (χ1n) is 5.37. The van der Waals surface area contributed by atoms with Crippen LogP contribution in [-0.2, 0) is 0 Å². The van der Waals surface area contributed by atoms with Crippen LogP contribution in [0.4, 0.5) is 10.1 Å². The minimum atomic E-state index is -0.539. The summed E-state index contributed by atoms with van der Waals surface area (Å²) >= 11 is 11.5. The van der Waals surface area contributed by atoms with Crippen molar-refractivity contribution in [2.24, 2.45) is 0 Å². The molecule has 6 heteroatoms. The second-order valence-corrected chi connectivity index (χ2v) is 4.60. The minimum Gasteiger partial charge on any atom is -0.319 e. The number of hydrogen-bond donors (Lipinski definition) is 1. The molecular formula is C13H9Cl2FN2O. The topological polar surface area (TPSA) is 42.0 Å². The average Bonchev–Trinajstić information content (AvgIpc) is 2.33. The highest BCUT2D eigenvalue weighted by atomic mass is 35.5. The van der Waals surface area contributed by atoms with Gasteiger partial charge in [-0.2, -0.15) is 0 Å². The molecule has 0 fully saturated rings. The Morgan fingerprint density at radius 2 is 2.00 bits per heavy atom. The SMILES string of the molecule is Cc1cccc(F)c1NC(=O)c1ccc(Cl)nc1Cl. The van der Waals surface area contributed by atoms with Gasteiger partial charge in [0.05, 0.1) is 11.3 Å². The van der Waals surface area contributed by atoms with E-state index in [1.54, 1.807) is 19.1 Å². The Morgan fingerprint density at radius 1 is 1.26 bits per heavy atom. The van der Waals surface area contributed by atoms with Gasteiger partial charge in [-0.1, -0.05) is 35.3 Å². The third-order valence-electron chi connectivity index (χ3n) is 2.52. The molecule has 3 nitrogen and oxygen atoms in total. The zero-order valence-corrected chi connectivity index (χ0v) is 11.4. The molecule has 19 heavy (non-hydrogen) atoms. The Bertz CT molecular complexity index is 626. The molecule has 0 radical (unpaired) electrons. The van der Waals surface area contributed by atoms with Gasteiger partial charge in [-0.05, 0) is 30.7 Å². The van der Waals surface area contributed by atoms with E-state index in [9.17, 15) is 9.18 Å². The van der Waals surface area contributed by atoms with Gasteiger partial charge in [0.25, 0.3) is 5.91 Å². The lowest BCUT2D eigenvalue weighted by molar-refractivity contribution is 0.102. The number of benzene rings is 1. The average molecular weight is 299 g/mol. The maximum atomic E-state index is 13.6. The van der Waals surface area contributed by atoms with E-state index >= 15 is 0 Å². The molecule has 0 saturated carbocycles. The number of rotatable bonds is 2. The summed E-state index contributed by atoms with van der Waals surface area (Å²) in [6.07, 6.45) is 0. The van der Waals surface area contributed by atoms with Crippen molar-refractivity contribution in [2.45, 2.75) is 6.92 Å². The number of para-hydroxylation sites is 1. The van der Waals surface area contributed by atoms with Crippen LogP contribution in [0, 0.1) is 12.7 Å². The smallest absolute Gasteiger partial charge is 0.258 e. The lowest BCUT2D eigenvalue weighted by atomic mass is 10.2. The summed E-state index contributed by atoms with van der Waals surface area (Å²) in [6.45, 7) is 1.69. The van der Waals surface area contributed by atoms with Gasteiger partial charge < -0.3 is 5.32 Å². The monoisotopic (exact) mass is 298 g/mol. The molecule has 0 aliphatic heterocycles. The second-order valence-electron chi connectivity index (χ2n) is 3.86. The van der Waals surface area contributed by atoms with Gasteiger partial charge >= 0.3 is 0 Å². The number of nitrogens with one attached hydrogen (secondary N) is 1. The van der Waals surface area contributed by atoms with Crippen molar-refractivity contribution < 1.29 is 9.18 Å². The van der Waals surface area contributed by atoms with Crippen LogP contribution >= 0.6 is 23.2 Å². The molecule has 1 N–H and O–H groups in total. The Morgan fingerprint density at radius 3 is 2.63 bits per heavy atom. The molecule has 1 aromatic carbocycles. The van der Waals surface area contributed by atoms with Crippen LogP contribution in [0.15, 0.2) is 30.3 Å². The van der Waals surface area contributed by atoms with Crippen LogP contribution in [0.5, 0.6) is 0 Å². The van der Waals surface area contributed by atoms with Gasteiger partial charge in [0.1, 0.15) is 16.1 Å². The summed E-state index contributed by atoms with van der Waals surface area (Å²) < 4.78 is 13.6. The molecule has 1 amide bonds. The van der Waals surface area contributed by atoms with E-state index < -0.39 is 11.7 Å². The lowest BCUT2D eigenvalue weighted by Gasteiger charge is -2.10. The van der Waals surface area contributed by atoms with Gasteiger partial charge in [-0.25, -0.2) is 9.37 Å². The fraction of sp³-hybridized carbons (Fsp3) is 0.0769.